The van der Waals surface area contributed by atoms with Crippen LogP contribution in [0.3, 0.4) is 0 Å². The van der Waals surface area contributed by atoms with Gasteiger partial charge >= 0.3 is 0 Å². The maximum Gasteiger partial charge on any atom is 0.0802 e. The summed E-state index contributed by atoms with van der Waals surface area (Å²) >= 11 is 0. The van der Waals surface area contributed by atoms with Gasteiger partial charge < -0.3 is 9.59 Å². The van der Waals surface area contributed by atoms with Crippen molar-refractivity contribution >= 4 is 0 Å². The molecule has 0 aromatic rings. The number of rotatable bonds is 3. The van der Waals surface area contributed by atoms with Crippen LogP contribution < -0.4 is 0 Å². The van der Waals surface area contributed by atoms with Crippen molar-refractivity contribution in [1.82, 2.24) is 0 Å². The molecule has 0 atom stereocenters. The van der Waals surface area contributed by atoms with Crippen molar-refractivity contribution in [3.05, 3.63) is 0 Å². The number of aliphatic hydroxyl groups is 1. The van der Waals surface area contributed by atoms with E-state index in [2.05, 4.69) is 21.1 Å². The number of nitrogens with zero attached hydrogens (tertiary/aromatic N) is 1. The van der Waals surface area contributed by atoms with E-state index in [1.54, 1.807) is 0 Å². The first-order chi connectivity index (χ1) is 3.56. The third-order valence-corrected chi connectivity index (χ3v) is 0.987. The van der Waals surface area contributed by atoms with Crippen molar-refractivity contribution in [3.63, 3.8) is 0 Å². The summed E-state index contributed by atoms with van der Waals surface area (Å²) in [5.74, 6) is 0. The molecule has 0 fully saturated rings. The van der Waals surface area contributed by atoms with E-state index in [1.807, 2.05) is 0 Å². The van der Waals surface area contributed by atoms with Crippen LogP contribution in [-0.2, 0) is 20.4 Å². The first-order valence-electron chi connectivity index (χ1n) is 2.97. The van der Waals surface area contributed by atoms with Gasteiger partial charge in [-0.3, -0.25) is 0 Å². The second-order valence-corrected chi connectivity index (χ2v) is 3.09. The molecule has 0 spiro atoms. The minimum atomic E-state index is 0. The van der Waals surface area contributed by atoms with Gasteiger partial charge in [-0.2, -0.15) is 0 Å². The topological polar surface area (TPSA) is 20.2 Å². The molecule has 1 N–H and O–H groups in total. The first-order valence-corrected chi connectivity index (χ1v) is 2.97. The molecule has 0 unspecified atom stereocenters. The summed E-state index contributed by atoms with van der Waals surface area (Å²) in [4.78, 5) is 0. The quantitative estimate of drug-likeness (QED) is 0.732. The van der Waals surface area contributed by atoms with Gasteiger partial charge in [0.1, 0.15) is 0 Å². The molecule has 0 aliphatic heterocycles. The molecule has 0 aromatic heterocycles. The van der Waals surface area contributed by atoms with E-state index >= 15 is 0 Å². The van der Waals surface area contributed by atoms with Crippen LogP contribution in [0.5, 0.6) is 0 Å². The molecule has 57 valence electrons. The summed E-state index contributed by atoms with van der Waals surface area (Å²) in [7, 11) is 6.36. The van der Waals surface area contributed by atoms with Gasteiger partial charge in [-0.25, -0.2) is 0 Å². The van der Waals surface area contributed by atoms with Crippen molar-refractivity contribution in [2.75, 3.05) is 34.3 Å². The van der Waals surface area contributed by atoms with Gasteiger partial charge in [-0.05, 0) is 0 Å². The fourth-order valence-corrected chi connectivity index (χ4v) is 0.545. The number of hydrogen-bond acceptors (Lipinski definition) is 1. The van der Waals surface area contributed by atoms with Crippen molar-refractivity contribution in [3.8, 4) is 0 Å². The third-order valence-electron chi connectivity index (χ3n) is 0.987. The molecule has 0 amide bonds. The van der Waals surface area contributed by atoms with Gasteiger partial charge in [-0.15, -0.1) is 0 Å². The molecule has 0 aliphatic carbocycles. The Morgan fingerprint density at radius 3 is 1.78 bits per heavy atom. The number of hydrogen-bond donors (Lipinski definition) is 1. The Morgan fingerprint density at radius 2 is 1.67 bits per heavy atom. The van der Waals surface area contributed by atoms with Crippen molar-refractivity contribution < 1.29 is 30.0 Å². The predicted octanol–water partition coefficient (Wildman–Crippen LogP) is 0.0725. The molecule has 2 nitrogen and oxygen atoms in total. The second kappa shape index (κ2) is 5.37. The van der Waals surface area contributed by atoms with Crippen LogP contribution in [0.4, 0.5) is 0 Å². The van der Waals surface area contributed by atoms with Gasteiger partial charge in [0.25, 0.3) is 0 Å². The van der Waals surface area contributed by atoms with E-state index < -0.39 is 0 Å². The van der Waals surface area contributed by atoms with Gasteiger partial charge in [0.2, 0.25) is 0 Å². The Balaban J connectivity index is 0. The molecule has 0 rings (SSSR count). The molecule has 0 aliphatic rings. The van der Waals surface area contributed by atoms with Crippen molar-refractivity contribution in [2.24, 2.45) is 0 Å². The van der Waals surface area contributed by atoms with Crippen LogP contribution in [0.2, 0.25) is 0 Å². The van der Waals surface area contributed by atoms with Crippen LogP contribution in [0.15, 0.2) is 0 Å². The molecule has 0 heterocycles. The molecule has 1 radical (unpaired) electrons. The molecule has 0 bridgehead atoms. The maximum absolute atomic E-state index is 8.42. The fourth-order valence-electron chi connectivity index (χ4n) is 0.545. The standard InChI is InChI=1S/C6H16NO.Re/c1-7(2,3)5-4-6-8;/h8H,4-6H2,1-3H3;/q+1;. The van der Waals surface area contributed by atoms with E-state index in [4.69, 9.17) is 5.11 Å². The van der Waals surface area contributed by atoms with E-state index in [0.29, 0.717) is 6.61 Å². The average molecular weight is 304 g/mol. The molecule has 0 aromatic carbocycles. The fraction of sp³-hybridized carbons (Fsp3) is 1.00. The zero-order valence-electron chi connectivity index (χ0n) is 6.39. The smallest absolute Gasteiger partial charge is 0.0802 e. The largest absolute Gasteiger partial charge is 0.396 e. The van der Waals surface area contributed by atoms with Crippen LogP contribution in [0.25, 0.3) is 0 Å². The van der Waals surface area contributed by atoms with E-state index in [1.165, 1.54) is 0 Å². The molecule has 0 saturated heterocycles. The van der Waals surface area contributed by atoms with Crippen LogP contribution in [0.1, 0.15) is 6.42 Å². The van der Waals surface area contributed by atoms with Crippen molar-refractivity contribution in [1.29, 1.82) is 0 Å². The summed E-state index contributed by atoms with van der Waals surface area (Å²) < 4.78 is 0.945. The first kappa shape index (κ1) is 12.3. The number of aliphatic hydroxyl groups excluding tert-OH is 1. The summed E-state index contributed by atoms with van der Waals surface area (Å²) in [5, 5.41) is 8.42. The van der Waals surface area contributed by atoms with Gasteiger partial charge in [0.05, 0.1) is 27.7 Å². The maximum atomic E-state index is 8.42. The molecular formula is C6H16NORe+. The summed E-state index contributed by atoms with van der Waals surface area (Å²) in [6, 6.07) is 0. The Morgan fingerprint density at radius 1 is 1.22 bits per heavy atom. The predicted molar refractivity (Wildman–Crippen MR) is 34.6 cm³/mol. The molecule has 0 saturated carbocycles. The molecule has 9 heavy (non-hydrogen) atoms. The summed E-state index contributed by atoms with van der Waals surface area (Å²) in [6.45, 7) is 1.37. The van der Waals surface area contributed by atoms with E-state index in [-0.39, 0.29) is 20.4 Å². The van der Waals surface area contributed by atoms with Gasteiger partial charge in [-0.1, -0.05) is 0 Å². The SMILES string of the molecule is C[N+](C)(C)CCCO.[Re]. The van der Waals surface area contributed by atoms with E-state index in [0.717, 1.165) is 17.4 Å². The Hall–Kier alpha value is 0.582. The van der Waals surface area contributed by atoms with Gasteiger partial charge in [0, 0.05) is 33.5 Å². The van der Waals surface area contributed by atoms with Gasteiger partial charge in [0.15, 0.2) is 0 Å². The van der Waals surface area contributed by atoms with Crippen LogP contribution in [-0.4, -0.2) is 43.9 Å². The average Bonchev–Trinajstić information content (AvgIpc) is 1.59. The Kier molecular flexibility index (Phi) is 7.33. The minimum absolute atomic E-state index is 0. The Labute approximate surface area is 71.1 Å². The zero-order chi connectivity index (χ0) is 6.62. The van der Waals surface area contributed by atoms with Crippen LogP contribution >= 0.6 is 0 Å². The van der Waals surface area contributed by atoms with Crippen LogP contribution in [0, 0.1) is 0 Å². The second-order valence-electron chi connectivity index (χ2n) is 3.09. The number of quaternary nitrogens is 1. The zero-order valence-corrected chi connectivity index (χ0v) is 9.11. The van der Waals surface area contributed by atoms with Crippen molar-refractivity contribution in [2.45, 2.75) is 6.42 Å². The monoisotopic (exact) mass is 305 g/mol. The minimum Gasteiger partial charge on any atom is -0.396 e. The normalized spacial score (nSPS) is 10.7. The summed E-state index contributed by atoms with van der Waals surface area (Å²) in [6.07, 6.45) is 0.906. The summed E-state index contributed by atoms with van der Waals surface area (Å²) in [5.41, 5.74) is 0. The Bertz CT molecular complexity index is 60.6. The molecule has 3 heteroatoms. The third kappa shape index (κ3) is 11.9. The molecular weight excluding hydrogens is 288 g/mol. The van der Waals surface area contributed by atoms with E-state index in [9.17, 15) is 0 Å².